The van der Waals surface area contributed by atoms with Crippen molar-refractivity contribution in [2.45, 2.75) is 4.90 Å². The number of guanidine groups is 1. The zero-order valence-electron chi connectivity index (χ0n) is 9.74. The molecule has 2 rings (SSSR count). The first-order valence-electron chi connectivity index (χ1n) is 5.28. The molecule has 19 heavy (non-hydrogen) atoms. The molecule has 0 aromatic heterocycles. The normalized spacial score (nSPS) is 12.1. The summed E-state index contributed by atoms with van der Waals surface area (Å²) in [5, 5.41) is 11.7. The number of nitrogens with zero attached hydrogens (tertiary/aromatic N) is 2. The fourth-order valence-corrected chi connectivity index (χ4v) is 2.80. The van der Waals surface area contributed by atoms with Gasteiger partial charge in [0.25, 0.3) is 10.0 Å². The molecule has 0 spiro atoms. The second-order valence-corrected chi connectivity index (χ2v) is 5.24. The minimum absolute atomic E-state index is 0.0493. The molecule has 0 heterocycles. The van der Waals surface area contributed by atoms with Crippen LogP contribution in [-0.2, 0) is 10.0 Å². The van der Waals surface area contributed by atoms with Crippen LogP contribution in [0.1, 0.15) is 0 Å². The van der Waals surface area contributed by atoms with Crippen LogP contribution in [0, 0.1) is 11.5 Å². The first kappa shape index (κ1) is 12.9. The molecule has 96 valence electrons. The highest BCUT2D eigenvalue weighted by Gasteiger charge is 2.16. The van der Waals surface area contributed by atoms with Crippen LogP contribution in [0.4, 0.5) is 0 Å². The van der Waals surface area contributed by atoms with E-state index in [1.54, 1.807) is 30.3 Å². The summed E-state index contributed by atoms with van der Waals surface area (Å²) in [6.45, 7) is 0. The van der Waals surface area contributed by atoms with E-state index in [0.29, 0.717) is 5.39 Å². The topological polar surface area (TPSA) is 108 Å². The maximum Gasteiger partial charge on any atom is 0.286 e. The number of hydrogen-bond acceptors (Lipinski definition) is 3. The lowest BCUT2D eigenvalue weighted by molar-refractivity contribution is 0.598. The molecule has 0 aliphatic heterocycles. The van der Waals surface area contributed by atoms with Gasteiger partial charge in [-0.15, -0.1) is 4.40 Å². The molecule has 0 aliphatic carbocycles. The first-order valence-corrected chi connectivity index (χ1v) is 6.72. The van der Waals surface area contributed by atoms with Gasteiger partial charge in [0.05, 0.1) is 4.90 Å². The Kier molecular flexibility index (Phi) is 3.35. The van der Waals surface area contributed by atoms with Crippen molar-refractivity contribution in [3.05, 3.63) is 42.5 Å². The van der Waals surface area contributed by atoms with Gasteiger partial charge in [0.15, 0.2) is 6.19 Å². The van der Waals surface area contributed by atoms with E-state index in [4.69, 9.17) is 11.0 Å². The van der Waals surface area contributed by atoms with Gasteiger partial charge < -0.3 is 5.73 Å². The Bertz CT molecular complexity index is 785. The summed E-state index contributed by atoms with van der Waals surface area (Å²) in [7, 11) is -3.96. The second-order valence-electron chi connectivity index (χ2n) is 3.67. The van der Waals surface area contributed by atoms with Crippen LogP contribution in [-0.4, -0.2) is 14.4 Å². The van der Waals surface area contributed by atoms with E-state index in [2.05, 4.69) is 4.40 Å². The minimum Gasteiger partial charge on any atom is -0.368 e. The number of fused-ring (bicyclic) bond motifs is 1. The Morgan fingerprint density at radius 3 is 2.63 bits per heavy atom. The molecule has 0 atom stereocenters. The monoisotopic (exact) mass is 274 g/mol. The highest BCUT2D eigenvalue weighted by molar-refractivity contribution is 7.90. The predicted octanol–water partition coefficient (Wildman–Crippen LogP) is 0.914. The number of hydrogen-bond donors (Lipinski definition) is 2. The quantitative estimate of drug-likeness (QED) is 0.366. The van der Waals surface area contributed by atoms with E-state index >= 15 is 0 Å². The smallest absolute Gasteiger partial charge is 0.286 e. The summed E-state index contributed by atoms with van der Waals surface area (Å²) < 4.78 is 27.6. The van der Waals surface area contributed by atoms with Gasteiger partial charge in [-0.25, -0.2) is 0 Å². The van der Waals surface area contributed by atoms with Gasteiger partial charge >= 0.3 is 0 Å². The standard InChI is InChI=1S/C12H10N4O2S/c13-8-15-12(14)16-19(17,18)11-7-3-5-9-4-1-2-6-10(9)11/h1-7H,(H3,14,15,16). The first-order chi connectivity index (χ1) is 9.04. The Morgan fingerprint density at radius 2 is 1.89 bits per heavy atom. The number of nitrogens with one attached hydrogen (secondary N) is 1. The summed E-state index contributed by atoms with van der Waals surface area (Å²) in [4.78, 5) is 0.0493. The van der Waals surface area contributed by atoms with Crippen LogP contribution >= 0.6 is 0 Å². The highest BCUT2D eigenvalue weighted by atomic mass is 32.2. The molecule has 2 aromatic rings. The average molecular weight is 274 g/mol. The van der Waals surface area contributed by atoms with Crippen LogP contribution in [0.2, 0.25) is 0 Å². The SMILES string of the molecule is N#CN/C(N)=N/S(=O)(=O)c1cccc2ccccc12. The molecule has 0 unspecified atom stereocenters. The van der Waals surface area contributed by atoms with Crippen molar-refractivity contribution < 1.29 is 8.42 Å². The van der Waals surface area contributed by atoms with Gasteiger partial charge in [-0.05, 0) is 11.5 Å². The molecule has 0 bridgehead atoms. The molecular weight excluding hydrogens is 264 g/mol. The zero-order valence-corrected chi connectivity index (χ0v) is 10.6. The fourth-order valence-electron chi connectivity index (χ4n) is 1.68. The van der Waals surface area contributed by atoms with Crippen molar-refractivity contribution in [3.8, 4) is 6.19 Å². The third kappa shape index (κ3) is 2.64. The van der Waals surface area contributed by atoms with Gasteiger partial charge in [-0.3, -0.25) is 5.32 Å². The summed E-state index contributed by atoms with van der Waals surface area (Å²) in [5.74, 6) is -0.463. The van der Waals surface area contributed by atoms with Crippen LogP contribution in [0.15, 0.2) is 51.8 Å². The van der Waals surface area contributed by atoms with E-state index in [9.17, 15) is 8.42 Å². The van der Waals surface area contributed by atoms with Crippen molar-refractivity contribution in [2.24, 2.45) is 10.1 Å². The Morgan fingerprint density at radius 1 is 1.21 bits per heavy atom. The molecule has 2 aromatic carbocycles. The van der Waals surface area contributed by atoms with Crippen molar-refractivity contribution in [1.29, 1.82) is 5.26 Å². The molecule has 6 nitrogen and oxygen atoms in total. The van der Waals surface area contributed by atoms with Crippen molar-refractivity contribution in [2.75, 3.05) is 0 Å². The Hall–Kier alpha value is -2.59. The number of nitriles is 1. The van der Waals surface area contributed by atoms with Crippen molar-refractivity contribution >= 4 is 26.8 Å². The van der Waals surface area contributed by atoms with E-state index in [1.165, 1.54) is 12.3 Å². The van der Waals surface area contributed by atoms with Gasteiger partial charge in [0.2, 0.25) is 5.96 Å². The third-order valence-electron chi connectivity index (χ3n) is 2.43. The van der Waals surface area contributed by atoms with E-state index < -0.39 is 16.0 Å². The summed E-state index contributed by atoms with van der Waals surface area (Å²) >= 11 is 0. The highest BCUT2D eigenvalue weighted by Crippen LogP contribution is 2.24. The number of benzene rings is 2. The molecule has 0 aliphatic rings. The van der Waals surface area contributed by atoms with Crippen LogP contribution < -0.4 is 11.1 Å². The lowest BCUT2D eigenvalue weighted by Gasteiger charge is -2.04. The molecule has 0 saturated carbocycles. The minimum atomic E-state index is -3.96. The van der Waals surface area contributed by atoms with Gasteiger partial charge in [-0.2, -0.15) is 13.7 Å². The van der Waals surface area contributed by atoms with Crippen LogP contribution in [0.25, 0.3) is 10.8 Å². The van der Waals surface area contributed by atoms with Crippen molar-refractivity contribution in [1.82, 2.24) is 5.32 Å². The number of nitrogens with two attached hydrogens (primary N) is 1. The zero-order chi connectivity index (χ0) is 13.9. The van der Waals surface area contributed by atoms with Crippen molar-refractivity contribution in [3.63, 3.8) is 0 Å². The predicted molar refractivity (Wildman–Crippen MR) is 71.5 cm³/mol. The summed E-state index contributed by atoms with van der Waals surface area (Å²) in [5.41, 5.74) is 5.29. The van der Waals surface area contributed by atoms with Gasteiger partial charge in [0, 0.05) is 5.39 Å². The van der Waals surface area contributed by atoms with E-state index in [1.807, 2.05) is 11.4 Å². The lowest BCUT2D eigenvalue weighted by Crippen LogP contribution is -2.28. The van der Waals surface area contributed by atoms with E-state index in [-0.39, 0.29) is 4.90 Å². The molecule has 0 fully saturated rings. The average Bonchev–Trinajstić information content (AvgIpc) is 2.37. The molecule has 0 saturated heterocycles. The number of sulfonamides is 1. The van der Waals surface area contributed by atoms with Gasteiger partial charge in [0.1, 0.15) is 0 Å². The largest absolute Gasteiger partial charge is 0.368 e. The van der Waals surface area contributed by atoms with E-state index in [0.717, 1.165) is 5.39 Å². The fraction of sp³-hybridized carbons (Fsp3) is 0. The summed E-state index contributed by atoms with van der Waals surface area (Å²) in [6, 6.07) is 11.9. The van der Waals surface area contributed by atoms with Crippen LogP contribution in [0.5, 0.6) is 0 Å². The lowest BCUT2D eigenvalue weighted by atomic mass is 10.1. The maximum atomic E-state index is 12.1. The maximum absolute atomic E-state index is 12.1. The second kappa shape index (κ2) is 4.96. The van der Waals surface area contributed by atoms with Gasteiger partial charge in [-0.1, -0.05) is 36.4 Å². The molecule has 3 N–H and O–H groups in total. The molecule has 0 amide bonds. The molecular formula is C12H10N4O2S. The Balaban J connectivity index is 2.62. The summed E-state index contributed by atoms with van der Waals surface area (Å²) in [6.07, 6.45) is 1.51. The molecule has 7 heteroatoms. The molecule has 0 radical (unpaired) electrons. The number of rotatable bonds is 2. The third-order valence-corrected chi connectivity index (χ3v) is 3.78. The Labute approximate surface area is 110 Å². The van der Waals surface area contributed by atoms with Crippen LogP contribution in [0.3, 0.4) is 0 Å².